The lowest BCUT2D eigenvalue weighted by atomic mass is 10.1. The standard InChI is InChI=1S/C13H10Cl2N4O3S/c1-2-23(21,22)19-9-4-7(6-16)3-8(14)12(9)13-10(20)5-11(15)17-18-13/h3-5,19H,2H2,1H3,(H,17,20). The predicted octanol–water partition coefficient (Wildman–Crippen LogP) is 2.38. The highest BCUT2D eigenvalue weighted by Gasteiger charge is 2.19. The molecule has 7 nitrogen and oxygen atoms in total. The van der Waals surface area contributed by atoms with Crippen molar-refractivity contribution in [3.63, 3.8) is 0 Å². The Balaban J connectivity index is 2.76. The molecule has 2 rings (SSSR count). The molecule has 1 aromatic carbocycles. The Hall–Kier alpha value is -2.08. The fourth-order valence-electron chi connectivity index (χ4n) is 1.79. The number of hydrogen-bond donors (Lipinski definition) is 2. The predicted molar refractivity (Wildman–Crippen MR) is 88.1 cm³/mol. The number of nitriles is 1. The summed E-state index contributed by atoms with van der Waals surface area (Å²) in [4.78, 5) is 12.1. The van der Waals surface area contributed by atoms with E-state index in [1.54, 1.807) is 0 Å². The van der Waals surface area contributed by atoms with Crippen LogP contribution in [-0.2, 0) is 10.0 Å². The second-order valence-electron chi connectivity index (χ2n) is 4.43. The average Bonchev–Trinajstić information content (AvgIpc) is 2.48. The minimum Gasteiger partial charge on any atom is -0.287 e. The van der Waals surface area contributed by atoms with Gasteiger partial charge in [0.15, 0.2) is 0 Å². The van der Waals surface area contributed by atoms with Crippen molar-refractivity contribution < 1.29 is 8.42 Å². The lowest BCUT2D eigenvalue weighted by Gasteiger charge is -2.13. The summed E-state index contributed by atoms with van der Waals surface area (Å²) in [6.45, 7) is 1.45. The van der Waals surface area contributed by atoms with Crippen molar-refractivity contribution in [1.29, 1.82) is 5.26 Å². The second-order valence-corrected chi connectivity index (χ2v) is 7.25. The number of aromatic amines is 1. The van der Waals surface area contributed by atoms with E-state index in [9.17, 15) is 13.2 Å². The molecule has 0 aliphatic heterocycles. The molecule has 2 N–H and O–H groups in total. The molecular weight excluding hydrogens is 363 g/mol. The van der Waals surface area contributed by atoms with E-state index in [2.05, 4.69) is 14.9 Å². The number of benzene rings is 1. The zero-order chi connectivity index (χ0) is 17.2. The Morgan fingerprint density at radius 1 is 1.35 bits per heavy atom. The molecule has 0 unspecified atom stereocenters. The van der Waals surface area contributed by atoms with Crippen LogP contribution in [0.3, 0.4) is 0 Å². The van der Waals surface area contributed by atoms with E-state index in [-0.39, 0.29) is 38.4 Å². The summed E-state index contributed by atoms with van der Waals surface area (Å²) >= 11 is 11.8. The van der Waals surface area contributed by atoms with Gasteiger partial charge < -0.3 is 0 Å². The van der Waals surface area contributed by atoms with Crippen LogP contribution >= 0.6 is 23.2 Å². The fraction of sp³-hybridized carbons (Fsp3) is 0.154. The van der Waals surface area contributed by atoms with Crippen LogP contribution in [0.4, 0.5) is 5.69 Å². The summed E-state index contributed by atoms with van der Waals surface area (Å²) in [6, 6.07) is 5.56. The SMILES string of the molecule is CCS(=O)(=O)Nc1cc(C#N)cc(Cl)c1-c1n[nH]c(Cl)cc1=O. The molecule has 0 fully saturated rings. The van der Waals surface area contributed by atoms with E-state index < -0.39 is 15.5 Å². The van der Waals surface area contributed by atoms with Gasteiger partial charge in [0.25, 0.3) is 0 Å². The van der Waals surface area contributed by atoms with Gasteiger partial charge in [0.05, 0.1) is 28.1 Å². The molecule has 0 amide bonds. The summed E-state index contributed by atoms with van der Waals surface area (Å²) in [5.41, 5.74) is -0.454. The monoisotopic (exact) mass is 372 g/mol. The molecule has 0 aliphatic rings. The van der Waals surface area contributed by atoms with Crippen LogP contribution < -0.4 is 10.2 Å². The molecule has 0 radical (unpaired) electrons. The van der Waals surface area contributed by atoms with Crippen molar-refractivity contribution in [3.05, 3.63) is 44.2 Å². The van der Waals surface area contributed by atoms with Crippen molar-refractivity contribution in [2.24, 2.45) is 0 Å². The number of rotatable bonds is 4. The first-order valence-electron chi connectivity index (χ1n) is 6.27. The first-order valence-corrected chi connectivity index (χ1v) is 8.68. The van der Waals surface area contributed by atoms with E-state index in [1.165, 1.54) is 19.1 Å². The molecule has 0 saturated carbocycles. The maximum atomic E-state index is 12.1. The Kier molecular flexibility index (Phi) is 4.94. The largest absolute Gasteiger partial charge is 0.287 e. The highest BCUT2D eigenvalue weighted by Crippen LogP contribution is 2.34. The van der Waals surface area contributed by atoms with Crippen molar-refractivity contribution in [3.8, 4) is 17.3 Å². The molecule has 0 bridgehead atoms. The molecule has 1 aromatic heterocycles. The zero-order valence-corrected chi connectivity index (χ0v) is 14.1. The number of anilines is 1. The van der Waals surface area contributed by atoms with E-state index >= 15 is 0 Å². The van der Waals surface area contributed by atoms with Gasteiger partial charge in [-0.1, -0.05) is 23.2 Å². The lowest BCUT2D eigenvalue weighted by Crippen LogP contribution is -2.17. The number of nitrogens with zero attached hydrogens (tertiary/aromatic N) is 2. The fourth-order valence-corrected chi connectivity index (χ4v) is 2.88. The number of H-pyrrole nitrogens is 1. The topological polar surface area (TPSA) is 116 Å². The third-order valence-electron chi connectivity index (χ3n) is 2.87. The Labute approximate surface area is 141 Å². The second kappa shape index (κ2) is 6.58. The third-order valence-corrected chi connectivity index (χ3v) is 4.65. The highest BCUT2D eigenvalue weighted by molar-refractivity contribution is 7.92. The van der Waals surface area contributed by atoms with Crippen LogP contribution in [0.1, 0.15) is 12.5 Å². The Bertz CT molecular complexity index is 964. The van der Waals surface area contributed by atoms with E-state index in [0.717, 1.165) is 6.07 Å². The molecular formula is C13H10Cl2N4O3S. The first kappa shape index (κ1) is 17.3. The maximum Gasteiger partial charge on any atom is 0.232 e. The molecule has 120 valence electrons. The van der Waals surface area contributed by atoms with Gasteiger partial charge >= 0.3 is 0 Å². The van der Waals surface area contributed by atoms with Crippen LogP contribution in [0.25, 0.3) is 11.3 Å². The van der Waals surface area contributed by atoms with Gasteiger partial charge in [0.2, 0.25) is 15.5 Å². The molecule has 0 atom stereocenters. The minimum absolute atomic E-state index is 0.00350. The summed E-state index contributed by atoms with van der Waals surface area (Å²) < 4.78 is 26.0. The third kappa shape index (κ3) is 3.82. The Morgan fingerprint density at radius 3 is 2.61 bits per heavy atom. The summed E-state index contributed by atoms with van der Waals surface area (Å²) in [7, 11) is -3.65. The van der Waals surface area contributed by atoms with Gasteiger partial charge in [-0.05, 0) is 19.1 Å². The number of nitrogens with one attached hydrogen (secondary N) is 2. The highest BCUT2D eigenvalue weighted by atomic mass is 35.5. The van der Waals surface area contributed by atoms with Gasteiger partial charge in [-0.25, -0.2) is 8.42 Å². The van der Waals surface area contributed by atoms with Crippen molar-refractivity contribution in [2.75, 3.05) is 10.5 Å². The van der Waals surface area contributed by atoms with E-state index in [0.29, 0.717) is 0 Å². The smallest absolute Gasteiger partial charge is 0.232 e. The van der Waals surface area contributed by atoms with Crippen LogP contribution in [0.2, 0.25) is 10.2 Å². The lowest BCUT2D eigenvalue weighted by molar-refractivity contribution is 0.602. The van der Waals surface area contributed by atoms with Gasteiger partial charge in [-0.3, -0.25) is 14.6 Å². The summed E-state index contributed by atoms with van der Waals surface area (Å²) in [5.74, 6) is -0.189. The maximum absolute atomic E-state index is 12.1. The molecule has 0 spiro atoms. The van der Waals surface area contributed by atoms with E-state index in [4.69, 9.17) is 28.5 Å². The normalized spacial score (nSPS) is 11.0. The van der Waals surface area contributed by atoms with Crippen molar-refractivity contribution in [2.45, 2.75) is 6.92 Å². The van der Waals surface area contributed by atoms with Gasteiger partial charge in [0.1, 0.15) is 10.8 Å². The van der Waals surface area contributed by atoms with Crippen molar-refractivity contribution in [1.82, 2.24) is 10.2 Å². The zero-order valence-electron chi connectivity index (χ0n) is 11.7. The van der Waals surface area contributed by atoms with Crippen LogP contribution in [0, 0.1) is 11.3 Å². The van der Waals surface area contributed by atoms with Gasteiger partial charge in [-0.15, -0.1) is 0 Å². The molecule has 0 saturated heterocycles. The number of hydrogen-bond acceptors (Lipinski definition) is 5. The summed E-state index contributed by atoms with van der Waals surface area (Å²) in [5, 5.41) is 15.3. The summed E-state index contributed by atoms with van der Waals surface area (Å²) in [6.07, 6.45) is 0. The van der Waals surface area contributed by atoms with Gasteiger partial charge in [0, 0.05) is 11.6 Å². The molecule has 1 heterocycles. The molecule has 10 heteroatoms. The number of aromatic nitrogens is 2. The minimum atomic E-state index is -3.65. The van der Waals surface area contributed by atoms with Crippen LogP contribution in [0.15, 0.2) is 23.0 Å². The molecule has 0 aliphatic carbocycles. The van der Waals surface area contributed by atoms with E-state index in [1.807, 2.05) is 6.07 Å². The Morgan fingerprint density at radius 2 is 2.04 bits per heavy atom. The molecule has 23 heavy (non-hydrogen) atoms. The number of sulfonamides is 1. The number of halogens is 2. The van der Waals surface area contributed by atoms with Crippen LogP contribution in [-0.4, -0.2) is 24.4 Å². The first-order chi connectivity index (χ1) is 10.8. The average molecular weight is 373 g/mol. The molecule has 2 aromatic rings. The quantitative estimate of drug-likeness (QED) is 0.854. The van der Waals surface area contributed by atoms with Gasteiger partial charge in [-0.2, -0.15) is 10.4 Å². The van der Waals surface area contributed by atoms with Crippen molar-refractivity contribution >= 4 is 38.9 Å². The van der Waals surface area contributed by atoms with Crippen LogP contribution in [0.5, 0.6) is 0 Å².